The first-order valence-corrected chi connectivity index (χ1v) is 6.67. The van der Waals surface area contributed by atoms with Gasteiger partial charge in [0.15, 0.2) is 0 Å². The van der Waals surface area contributed by atoms with Crippen LogP contribution in [0.15, 0.2) is 12.4 Å². The maximum absolute atomic E-state index is 11.8. The molecule has 7 nitrogen and oxygen atoms in total. The van der Waals surface area contributed by atoms with Crippen LogP contribution in [0.25, 0.3) is 0 Å². The van der Waals surface area contributed by atoms with Gasteiger partial charge in [-0.15, -0.1) is 0 Å². The zero-order valence-corrected chi connectivity index (χ0v) is 12.0. The van der Waals surface area contributed by atoms with Crippen molar-refractivity contribution in [3.8, 4) is 0 Å². The molecule has 20 heavy (non-hydrogen) atoms. The predicted molar refractivity (Wildman–Crippen MR) is 74.2 cm³/mol. The van der Waals surface area contributed by atoms with E-state index in [0.717, 1.165) is 18.4 Å². The minimum absolute atomic E-state index is 0.132. The Bertz CT molecular complexity index is 445. The fraction of sp³-hybridized carbons (Fsp3) is 0.615. The second-order valence-electron chi connectivity index (χ2n) is 4.81. The Morgan fingerprint density at radius 3 is 2.75 bits per heavy atom. The van der Waals surface area contributed by atoms with Crippen molar-refractivity contribution in [2.24, 2.45) is 7.05 Å². The van der Waals surface area contributed by atoms with Gasteiger partial charge >= 0.3 is 12.0 Å². The maximum Gasteiger partial charge on any atom is 0.317 e. The molecule has 0 spiro atoms. The third-order valence-electron chi connectivity index (χ3n) is 2.87. The van der Waals surface area contributed by atoms with Crippen molar-refractivity contribution in [3.05, 3.63) is 18.0 Å². The van der Waals surface area contributed by atoms with Gasteiger partial charge in [0.25, 0.3) is 0 Å². The van der Waals surface area contributed by atoms with Crippen LogP contribution in [0, 0.1) is 0 Å². The Labute approximate surface area is 118 Å². The number of unbranched alkanes of at least 4 members (excludes halogenated alkanes) is 2. The lowest BCUT2D eigenvalue weighted by molar-refractivity contribution is -0.137. The van der Waals surface area contributed by atoms with Crippen molar-refractivity contribution >= 4 is 12.0 Å². The lowest BCUT2D eigenvalue weighted by Crippen LogP contribution is -2.37. The molecule has 0 saturated heterocycles. The van der Waals surface area contributed by atoms with E-state index in [2.05, 4.69) is 10.4 Å². The van der Waals surface area contributed by atoms with Gasteiger partial charge in [0.1, 0.15) is 0 Å². The van der Waals surface area contributed by atoms with E-state index < -0.39 is 5.97 Å². The number of carboxylic acid groups (broad SMARTS) is 1. The van der Waals surface area contributed by atoms with Gasteiger partial charge in [-0.3, -0.25) is 9.48 Å². The average molecular weight is 282 g/mol. The monoisotopic (exact) mass is 282 g/mol. The molecule has 0 saturated carbocycles. The molecule has 0 aliphatic rings. The highest BCUT2D eigenvalue weighted by Gasteiger charge is 2.09. The predicted octanol–water partition coefficient (Wildman–Crippen LogP) is 1.21. The quantitative estimate of drug-likeness (QED) is 0.701. The molecule has 112 valence electrons. The normalized spacial score (nSPS) is 10.3. The van der Waals surface area contributed by atoms with Gasteiger partial charge in [-0.05, 0) is 12.8 Å². The van der Waals surface area contributed by atoms with Crippen LogP contribution >= 0.6 is 0 Å². The lowest BCUT2D eigenvalue weighted by atomic mass is 10.2. The van der Waals surface area contributed by atoms with Crippen LogP contribution in [0.2, 0.25) is 0 Å². The summed E-state index contributed by atoms with van der Waals surface area (Å²) in [6, 6.07) is -0.132. The maximum atomic E-state index is 11.8. The summed E-state index contributed by atoms with van der Waals surface area (Å²) in [5.41, 5.74) is 0.978. The third kappa shape index (κ3) is 6.21. The number of urea groups is 1. The average Bonchev–Trinajstić information content (AvgIpc) is 2.78. The number of carbonyl (C=O) groups is 2. The first kappa shape index (κ1) is 16.0. The molecule has 2 amide bonds. The number of nitrogens with one attached hydrogen (secondary N) is 1. The Morgan fingerprint density at radius 1 is 1.40 bits per heavy atom. The number of hydrogen-bond acceptors (Lipinski definition) is 3. The molecule has 1 rings (SSSR count). The zero-order valence-electron chi connectivity index (χ0n) is 12.0. The minimum atomic E-state index is -0.773. The highest BCUT2D eigenvalue weighted by molar-refractivity contribution is 5.73. The molecule has 0 aliphatic heterocycles. The largest absolute Gasteiger partial charge is 0.481 e. The molecule has 0 radical (unpaired) electrons. The van der Waals surface area contributed by atoms with Gasteiger partial charge in [-0.2, -0.15) is 5.10 Å². The van der Waals surface area contributed by atoms with Crippen LogP contribution in [0.5, 0.6) is 0 Å². The number of aliphatic carboxylic acids is 1. The summed E-state index contributed by atoms with van der Waals surface area (Å²) < 4.78 is 1.70. The molecule has 0 aromatic carbocycles. The Hall–Kier alpha value is -2.05. The summed E-state index contributed by atoms with van der Waals surface area (Å²) in [5, 5.41) is 15.3. The molecule has 0 unspecified atom stereocenters. The summed E-state index contributed by atoms with van der Waals surface area (Å²) in [4.78, 5) is 23.7. The number of aryl methyl sites for hydroxylation is 1. The van der Waals surface area contributed by atoms with Crippen molar-refractivity contribution in [3.63, 3.8) is 0 Å². The van der Waals surface area contributed by atoms with E-state index in [4.69, 9.17) is 5.11 Å². The van der Waals surface area contributed by atoms with Gasteiger partial charge in [-0.1, -0.05) is 6.42 Å². The number of rotatable bonds is 8. The van der Waals surface area contributed by atoms with Gasteiger partial charge in [0, 0.05) is 38.8 Å². The number of hydrogen-bond donors (Lipinski definition) is 2. The lowest BCUT2D eigenvalue weighted by Gasteiger charge is -2.17. The Morgan fingerprint density at radius 2 is 2.15 bits per heavy atom. The molecule has 0 bridgehead atoms. The molecule has 0 fully saturated rings. The van der Waals surface area contributed by atoms with Gasteiger partial charge in [0.05, 0.1) is 12.7 Å². The van der Waals surface area contributed by atoms with Crippen LogP contribution in [0.1, 0.15) is 31.2 Å². The Kier molecular flexibility index (Phi) is 6.55. The summed E-state index contributed by atoms with van der Waals surface area (Å²) in [5.74, 6) is -0.773. The van der Waals surface area contributed by atoms with Crippen LogP contribution in [0.4, 0.5) is 4.79 Å². The smallest absolute Gasteiger partial charge is 0.317 e. The highest BCUT2D eigenvalue weighted by atomic mass is 16.4. The topological polar surface area (TPSA) is 87.5 Å². The number of carboxylic acids is 1. The Balaban J connectivity index is 2.14. The molecule has 1 aromatic rings. The van der Waals surface area contributed by atoms with E-state index in [1.165, 1.54) is 0 Å². The molecule has 2 N–H and O–H groups in total. The first-order valence-electron chi connectivity index (χ1n) is 6.67. The first-order chi connectivity index (χ1) is 9.49. The zero-order chi connectivity index (χ0) is 15.0. The van der Waals surface area contributed by atoms with E-state index in [1.807, 2.05) is 13.2 Å². The number of amides is 2. The second-order valence-corrected chi connectivity index (χ2v) is 4.81. The van der Waals surface area contributed by atoms with Crippen molar-refractivity contribution in [1.29, 1.82) is 0 Å². The summed E-state index contributed by atoms with van der Waals surface area (Å²) in [7, 11) is 3.56. The fourth-order valence-corrected chi connectivity index (χ4v) is 1.81. The highest BCUT2D eigenvalue weighted by Crippen LogP contribution is 2.02. The summed E-state index contributed by atoms with van der Waals surface area (Å²) in [6.07, 6.45) is 6.04. The van der Waals surface area contributed by atoms with Gasteiger partial charge in [0.2, 0.25) is 0 Å². The van der Waals surface area contributed by atoms with E-state index in [0.29, 0.717) is 19.5 Å². The van der Waals surface area contributed by atoms with Crippen molar-refractivity contribution in [2.75, 3.05) is 13.6 Å². The number of aromatic nitrogens is 2. The van der Waals surface area contributed by atoms with Crippen LogP contribution in [0.3, 0.4) is 0 Å². The number of nitrogens with zero attached hydrogens (tertiary/aromatic N) is 3. The molecule has 0 aliphatic carbocycles. The molecule has 0 atom stereocenters. The van der Waals surface area contributed by atoms with Crippen molar-refractivity contribution < 1.29 is 14.7 Å². The summed E-state index contributed by atoms with van der Waals surface area (Å²) in [6.45, 7) is 1.08. The molecule has 7 heteroatoms. The van der Waals surface area contributed by atoms with Crippen LogP contribution in [-0.4, -0.2) is 45.4 Å². The molecular weight excluding hydrogens is 260 g/mol. The van der Waals surface area contributed by atoms with E-state index in [-0.39, 0.29) is 12.5 Å². The van der Waals surface area contributed by atoms with E-state index in [9.17, 15) is 9.59 Å². The van der Waals surface area contributed by atoms with Crippen molar-refractivity contribution in [1.82, 2.24) is 20.0 Å². The van der Waals surface area contributed by atoms with E-state index in [1.54, 1.807) is 22.8 Å². The molecular formula is C13H22N4O3. The molecule has 1 heterocycles. The van der Waals surface area contributed by atoms with Gasteiger partial charge < -0.3 is 15.3 Å². The molecule has 1 aromatic heterocycles. The third-order valence-corrected chi connectivity index (χ3v) is 2.87. The van der Waals surface area contributed by atoms with E-state index >= 15 is 0 Å². The van der Waals surface area contributed by atoms with Crippen molar-refractivity contribution in [2.45, 2.75) is 32.2 Å². The number of carbonyl (C=O) groups excluding carboxylic acids is 1. The van der Waals surface area contributed by atoms with Gasteiger partial charge in [-0.25, -0.2) is 4.79 Å². The fourth-order valence-electron chi connectivity index (χ4n) is 1.81. The second kappa shape index (κ2) is 8.19. The summed E-state index contributed by atoms with van der Waals surface area (Å²) >= 11 is 0. The standard InChI is InChI=1S/C13H22N4O3/c1-16(9-11-8-15-17(2)10-11)13(20)14-7-5-3-4-6-12(18)19/h8,10H,3-7,9H2,1-2H3,(H,14,20)(H,18,19). The van der Waals surface area contributed by atoms with Crippen LogP contribution in [-0.2, 0) is 18.4 Å². The van der Waals surface area contributed by atoms with Crippen LogP contribution < -0.4 is 5.32 Å². The minimum Gasteiger partial charge on any atom is -0.481 e. The SMILES string of the molecule is CN(Cc1cnn(C)c1)C(=O)NCCCCCC(=O)O.